The first-order valence-electron chi connectivity index (χ1n) is 6.48. The van der Waals surface area contributed by atoms with Crippen LogP contribution in [0.1, 0.15) is 60.3 Å². The number of hydrogen-bond acceptors (Lipinski definition) is 0. The lowest BCUT2D eigenvalue weighted by Gasteiger charge is -2.44. The molecule has 0 spiro atoms. The van der Waals surface area contributed by atoms with E-state index in [1.165, 1.54) is 33.0 Å². The normalized spacial score (nSPS) is 33.8. The molecule has 0 aromatic rings. The Kier molecular flexibility index (Phi) is 4.09. The monoisotopic (exact) mass is 194 g/mol. The first-order valence-corrected chi connectivity index (χ1v) is 6.48. The summed E-state index contributed by atoms with van der Waals surface area (Å²) in [5, 5.41) is 0. The Morgan fingerprint density at radius 1 is 1.36 bits per heavy atom. The Bertz CT molecular complexity index is 174. The fraction of sp³-hybridized carbons (Fsp3) is 1.00. The third-order valence-electron chi connectivity index (χ3n) is 4.90. The SMILES string of the molecule is CCC(C)BC1CCCC(C)C1(C)C. The molecule has 0 N–H and O–H groups in total. The average molecular weight is 194 g/mol. The maximum Gasteiger partial charge on any atom is 0.127 e. The van der Waals surface area contributed by atoms with Gasteiger partial charge in [0.2, 0.25) is 0 Å². The zero-order valence-corrected chi connectivity index (χ0v) is 10.8. The molecule has 1 aliphatic rings. The van der Waals surface area contributed by atoms with Gasteiger partial charge in [0.15, 0.2) is 0 Å². The first kappa shape index (κ1) is 12.1. The molecule has 0 nitrogen and oxygen atoms in total. The summed E-state index contributed by atoms with van der Waals surface area (Å²) in [6.07, 6.45) is 5.73. The fourth-order valence-electron chi connectivity index (χ4n) is 2.89. The van der Waals surface area contributed by atoms with Crippen molar-refractivity contribution in [1.29, 1.82) is 0 Å². The van der Waals surface area contributed by atoms with Crippen molar-refractivity contribution in [3.63, 3.8) is 0 Å². The van der Waals surface area contributed by atoms with Gasteiger partial charge in [0.05, 0.1) is 0 Å². The Morgan fingerprint density at radius 3 is 2.57 bits per heavy atom. The lowest BCUT2D eigenvalue weighted by atomic mass is 9.43. The van der Waals surface area contributed by atoms with Gasteiger partial charge in [-0.25, -0.2) is 0 Å². The molecule has 14 heavy (non-hydrogen) atoms. The van der Waals surface area contributed by atoms with E-state index in [0.717, 1.165) is 17.6 Å². The first-order chi connectivity index (χ1) is 6.48. The van der Waals surface area contributed by atoms with E-state index in [0.29, 0.717) is 5.41 Å². The molecule has 1 rings (SSSR count). The van der Waals surface area contributed by atoms with Crippen molar-refractivity contribution >= 4 is 7.28 Å². The molecule has 1 heteroatoms. The quantitative estimate of drug-likeness (QED) is 0.588. The van der Waals surface area contributed by atoms with Gasteiger partial charge in [-0.15, -0.1) is 0 Å². The minimum Gasteiger partial charge on any atom is -0.0694 e. The van der Waals surface area contributed by atoms with E-state index >= 15 is 0 Å². The smallest absolute Gasteiger partial charge is 0.0694 e. The molecule has 82 valence electrons. The Labute approximate surface area is 91.1 Å². The van der Waals surface area contributed by atoms with Crippen LogP contribution in [0.5, 0.6) is 0 Å². The molecule has 0 radical (unpaired) electrons. The summed E-state index contributed by atoms with van der Waals surface area (Å²) < 4.78 is 0. The number of rotatable bonds is 3. The van der Waals surface area contributed by atoms with Crippen molar-refractivity contribution in [3.05, 3.63) is 0 Å². The highest BCUT2D eigenvalue weighted by atomic mass is 14.4. The van der Waals surface area contributed by atoms with Crippen LogP contribution < -0.4 is 0 Å². The topological polar surface area (TPSA) is 0 Å². The highest BCUT2D eigenvalue weighted by molar-refractivity contribution is 6.39. The van der Waals surface area contributed by atoms with Crippen LogP contribution in [-0.2, 0) is 0 Å². The van der Waals surface area contributed by atoms with Gasteiger partial charge < -0.3 is 0 Å². The molecule has 0 aromatic heterocycles. The van der Waals surface area contributed by atoms with Crippen molar-refractivity contribution < 1.29 is 0 Å². The van der Waals surface area contributed by atoms with Crippen molar-refractivity contribution in [1.82, 2.24) is 0 Å². The summed E-state index contributed by atoms with van der Waals surface area (Å²) in [5.41, 5.74) is 0.585. The third-order valence-corrected chi connectivity index (χ3v) is 4.90. The second kappa shape index (κ2) is 4.72. The van der Waals surface area contributed by atoms with Crippen LogP contribution in [0.4, 0.5) is 0 Å². The summed E-state index contributed by atoms with van der Waals surface area (Å²) in [6.45, 7) is 12.2. The van der Waals surface area contributed by atoms with Gasteiger partial charge in [-0.05, 0) is 11.3 Å². The summed E-state index contributed by atoms with van der Waals surface area (Å²) in [6, 6.07) is 0. The molecule has 3 unspecified atom stereocenters. The second-order valence-electron chi connectivity index (χ2n) is 6.10. The van der Waals surface area contributed by atoms with Crippen molar-refractivity contribution in [2.75, 3.05) is 0 Å². The van der Waals surface area contributed by atoms with Crippen LogP contribution in [-0.4, -0.2) is 7.28 Å². The highest BCUT2D eigenvalue weighted by Crippen LogP contribution is 2.49. The second-order valence-corrected chi connectivity index (χ2v) is 6.10. The lowest BCUT2D eigenvalue weighted by Crippen LogP contribution is -2.35. The van der Waals surface area contributed by atoms with Gasteiger partial charge in [-0.1, -0.05) is 71.9 Å². The molecule has 0 amide bonds. The zero-order valence-electron chi connectivity index (χ0n) is 10.8. The van der Waals surface area contributed by atoms with E-state index in [4.69, 9.17) is 0 Å². The van der Waals surface area contributed by atoms with E-state index < -0.39 is 0 Å². The van der Waals surface area contributed by atoms with Crippen LogP contribution >= 0.6 is 0 Å². The summed E-state index contributed by atoms with van der Waals surface area (Å²) in [4.78, 5) is 0. The van der Waals surface area contributed by atoms with E-state index in [2.05, 4.69) is 34.6 Å². The van der Waals surface area contributed by atoms with Gasteiger partial charge in [0, 0.05) is 0 Å². The maximum absolute atomic E-state index is 2.49. The molecule has 1 aliphatic carbocycles. The predicted octanol–water partition coefficient (Wildman–Crippen LogP) is 4.28. The molecule has 1 saturated carbocycles. The largest absolute Gasteiger partial charge is 0.127 e. The third kappa shape index (κ3) is 2.55. The molecule has 0 aromatic carbocycles. The summed E-state index contributed by atoms with van der Waals surface area (Å²) >= 11 is 0. The van der Waals surface area contributed by atoms with Gasteiger partial charge in [-0.3, -0.25) is 0 Å². The Morgan fingerprint density at radius 2 is 2.00 bits per heavy atom. The molecule has 0 aliphatic heterocycles. The van der Waals surface area contributed by atoms with Gasteiger partial charge in [0.1, 0.15) is 7.28 Å². The molecule has 0 heterocycles. The fourth-order valence-corrected chi connectivity index (χ4v) is 2.89. The van der Waals surface area contributed by atoms with Crippen LogP contribution in [0.15, 0.2) is 0 Å². The van der Waals surface area contributed by atoms with Crippen LogP contribution in [0.2, 0.25) is 11.6 Å². The van der Waals surface area contributed by atoms with Gasteiger partial charge in [-0.2, -0.15) is 0 Å². The van der Waals surface area contributed by atoms with E-state index in [9.17, 15) is 0 Å². The van der Waals surface area contributed by atoms with Gasteiger partial charge in [0.25, 0.3) is 0 Å². The van der Waals surface area contributed by atoms with Crippen molar-refractivity contribution in [2.45, 2.75) is 71.9 Å². The van der Waals surface area contributed by atoms with Crippen molar-refractivity contribution in [3.8, 4) is 0 Å². The summed E-state index contributed by atoms with van der Waals surface area (Å²) in [5.74, 6) is 2.82. The van der Waals surface area contributed by atoms with E-state index in [1.54, 1.807) is 0 Å². The van der Waals surface area contributed by atoms with Crippen LogP contribution in [0.25, 0.3) is 0 Å². The summed E-state index contributed by atoms with van der Waals surface area (Å²) in [7, 11) is 1.45. The molecular formula is C13H27B. The molecule has 3 atom stereocenters. The Balaban J connectivity index is 2.57. The molecule has 1 fully saturated rings. The van der Waals surface area contributed by atoms with Gasteiger partial charge >= 0.3 is 0 Å². The highest BCUT2D eigenvalue weighted by Gasteiger charge is 2.38. The minimum atomic E-state index is 0.585. The lowest BCUT2D eigenvalue weighted by molar-refractivity contribution is 0.153. The van der Waals surface area contributed by atoms with Crippen LogP contribution in [0.3, 0.4) is 0 Å². The van der Waals surface area contributed by atoms with Crippen LogP contribution in [0, 0.1) is 11.3 Å². The van der Waals surface area contributed by atoms with E-state index in [-0.39, 0.29) is 0 Å². The minimum absolute atomic E-state index is 0.585. The van der Waals surface area contributed by atoms with Crippen molar-refractivity contribution in [2.24, 2.45) is 11.3 Å². The number of hydrogen-bond donors (Lipinski definition) is 0. The molecule has 0 bridgehead atoms. The molecule has 0 saturated heterocycles. The zero-order chi connectivity index (χ0) is 10.8. The molecular weight excluding hydrogens is 167 g/mol. The Hall–Kier alpha value is 0.0649. The standard InChI is InChI=1S/C13H27B/c1-6-11(3)14-12-9-7-8-10(2)13(12,4)5/h10-12,14H,6-9H2,1-5H3. The van der Waals surface area contributed by atoms with E-state index in [1.807, 2.05) is 0 Å². The predicted molar refractivity (Wildman–Crippen MR) is 67.4 cm³/mol. The average Bonchev–Trinajstić information content (AvgIpc) is 2.13. The maximum atomic E-state index is 2.49.